The largest absolute Gasteiger partial charge is 0.507 e. The van der Waals surface area contributed by atoms with Crippen LogP contribution in [0.1, 0.15) is 85.6 Å². The molecule has 0 radical (unpaired) electrons. The summed E-state index contributed by atoms with van der Waals surface area (Å²) in [5.74, 6) is 0.353. The lowest BCUT2D eigenvalue weighted by atomic mass is 9.78. The lowest BCUT2D eigenvalue weighted by Gasteiger charge is -2.26. The van der Waals surface area contributed by atoms with E-state index < -0.39 is 32.8 Å². The second-order valence-electron chi connectivity index (χ2n) is 18.9. The van der Waals surface area contributed by atoms with E-state index in [4.69, 9.17) is 22.3 Å². The average Bonchev–Trinajstić information content (AvgIpc) is 3.85. The van der Waals surface area contributed by atoms with E-state index in [0.717, 1.165) is 50.1 Å². The van der Waals surface area contributed by atoms with Crippen molar-refractivity contribution in [2.75, 3.05) is 0 Å². The molecule has 8 aromatic carbocycles. The Balaban J connectivity index is 1.18. The van der Waals surface area contributed by atoms with E-state index in [2.05, 4.69) is 51.1 Å². The number of rotatable bonds is 8. The highest BCUT2D eigenvalue weighted by Gasteiger charge is 2.25. The van der Waals surface area contributed by atoms with Crippen molar-refractivity contribution >= 4 is 11.0 Å². The molecule has 4 nitrogen and oxygen atoms in total. The second kappa shape index (κ2) is 17.7. The molecule has 0 spiro atoms. The second-order valence-corrected chi connectivity index (χ2v) is 18.9. The molecular formula is C65H59N3O. The van der Waals surface area contributed by atoms with Crippen LogP contribution in [0.4, 0.5) is 0 Å². The van der Waals surface area contributed by atoms with E-state index in [9.17, 15) is 9.22 Å². The minimum Gasteiger partial charge on any atom is -0.507 e. The van der Waals surface area contributed by atoms with Gasteiger partial charge in [0.05, 0.1) is 28.0 Å². The van der Waals surface area contributed by atoms with E-state index >= 15 is 0 Å². The van der Waals surface area contributed by atoms with Crippen molar-refractivity contribution in [3.05, 3.63) is 216 Å². The first-order valence-electron chi connectivity index (χ1n) is 29.0. The summed E-state index contributed by atoms with van der Waals surface area (Å²) in [5.41, 5.74) is 10.1. The molecule has 0 bridgehead atoms. The van der Waals surface area contributed by atoms with Gasteiger partial charge in [0, 0.05) is 33.8 Å². The van der Waals surface area contributed by atoms with Gasteiger partial charge in [0.25, 0.3) is 0 Å². The summed E-state index contributed by atoms with van der Waals surface area (Å²) in [6.07, 6.45) is 1.63. The van der Waals surface area contributed by atoms with Crippen molar-refractivity contribution in [3.8, 4) is 89.7 Å². The van der Waals surface area contributed by atoms with Crippen LogP contribution in [0.15, 0.2) is 188 Å². The summed E-state index contributed by atoms with van der Waals surface area (Å²) < 4.78 is 104. The zero-order valence-corrected chi connectivity index (χ0v) is 39.2. The molecule has 340 valence electrons. The highest BCUT2D eigenvalue weighted by atomic mass is 16.3. The maximum absolute atomic E-state index is 12.0. The fourth-order valence-corrected chi connectivity index (χ4v) is 9.53. The van der Waals surface area contributed by atoms with Gasteiger partial charge in [-0.1, -0.05) is 169 Å². The van der Waals surface area contributed by atoms with Crippen LogP contribution >= 0.6 is 0 Å². The lowest BCUT2D eigenvalue weighted by Crippen LogP contribution is -2.13. The molecule has 10 aromatic rings. The maximum atomic E-state index is 12.0. The van der Waals surface area contributed by atoms with Crippen LogP contribution in [-0.2, 0) is 10.8 Å². The minimum atomic E-state index is -3.40. The Hall–Kier alpha value is -7.82. The number of nitrogens with zero attached hydrogens (tertiary/aromatic N) is 3. The maximum Gasteiger partial charge on any atom is 0.149 e. The quantitative estimate of drug-likeness (QED) is 0.165. The Morgan fingerprint density at radius 2 is 1.17 bits per heavy atom. The predicted molar refractivity (Wildman–Crippen MR) is 290 cm³/mol. The highest BCUT2D eigenvalue weighted by molar-refractivity contribution is 5.98. The number of hydrogen-bond donors (Lipinski definition) is 1. The summed E-state index contributed by atoms with van der Waals surface area (Å²) in [6, 6.07) is 56.6. The van der Waals surface area contributed by atoms with Crippen LogP contribution in [0.2, 0.25) is 0 Å². The fourth-order valence-electron chi connectivity index (χ4n) is 9.53. The van der Waals surface area contributed by atoms with Gasteiger partial charge >= 0.3 is 0 Å². The molecule has 0 aliphatic rings. The van der Waals surface area contributed by atoms with Crippen LogP contribution in [0.5, 0.6) is 5.75 Å². The number of pyridine rings is 1. The molecule has 0 aliphatic carbocycles. The summed E-state index contributed by atoms with van der Waals surface area (Å²) in [6.45, 7) is -2.61. The van der Waals surface area contributed by atoms with Crippen molar-refractivity contribution < 1.29 is 21.6 Å². The van der Waals surface area contributed by atoms with Crippen LogP contribution < -0.4 is 0 Å². The Morgan fingerprint density at radius 1 is 0.507 bits per heavy atom. The van der Waals surface area contributed by atoms with Crippen LogP contribution in [0.25, 0.3) is 95.0 Å². The molecule has 0 saturated carbocycles. The molecule has 2 heterocycles. The summed E-state index contributed by atoms with van der Waals surface area (Å²) >= 11 is 0. The van der Waals surface area contributed by atoms with E-state index in [1.54, 1.807) is 18.3 Å². The smallest absolute Gasteiger partial charge is 0.149 e. The van der Waals surface area contributed by atoms with E-state index in [1.807, 2.05) is 134 Å². The number of benzene rings is 8. The Labute approximate surface area is 424 Å². The number of phenols is 1. The van der Waals surface area contributed by atoms with Crippen LogP contribution in [0, 0.1) is 20.7 Å². The summed E-state index contributed by atoms with van der Waals surface area (Å²) in [4.78, 5) is 10.2. The van der Waals surface area contributed by atoms with Gasteiger partial charge in [-0.2, -0.15) is 0 Å². The van der Waals surface area contributed by atoms with E-state index in [-0.39, 0.29) is 22.3 Å². The first kappa shape index (κ1) is 32.8. The van der Waals surface area contributed by atoms with Crippen molar-refractivity contribution in [1.29, 1.82) is 0 Å². The third kappa shape index (κ3) is 8.68. The van der Waals surface area contributed by atoms with Gasteiger partial charge in [-0.05, 0) is 164 Å². The number of aromatic nitrogens is 3. The van der Waals surface area contributed by atoms with Crippen molar-refractivity contribution in [2.45, 2.75) is 72.9 Å². The number of aryl methyl sites for hydroxylation is 3. The zero-order valence-electron chi connectivity index (χ0n) is 51.2. The molecule has 0 aliphatic heterocycles. The molecule has 4 heteroatoms. The molecule has 10 rings (SSSR count). The topological polar surface area (TPSA) is 50.9 Å². The van der Waals surface area contributed by atoms with Crippen LogP contribution in [0.3, 0.4) is 0 Å². The molecule has 0 saturated heterocycles. The normalized spacial score (nSPS) is 15.2. The van der Waals surface area contributed by atoms with Gasteiger partial charge in [-0.25, -0.2) is 4.98 Å². The molecule has 0 atom stereocenters. The van der Waals surface area contributed by atoms with Crippen molar-refractivity contribution in [2.24, 2.45) is 0 Å². The number of aromatic hydroxyl groups is 1. The monoisotopic (exact) mass is 910 g/mol. The molecular weight excluding hydrogens is 839 g/mol. The summed E-state index contributed by atoms with van der Waals surface area (Å²) in [7, 11) is 0. The first-order chi connectivity index (χ1) is 38.1. The van der Waals surface area contributed by atoms with Crippen molar-refractivity contribution in [1.82, 2.24) is 14.5 Å². The first-order valence-corrected chi connectivity index (χ1v) is 23.0. The third-order valence-corrected chi connectivity index (χ3v) is 12.9. The molecule has 0 unspecified atom stereocenters. The fraction of sp³-hybridized carbons (Fsp3) is 0.169. The molecule has 1 N–H and O–H groups in total. The van der Waals surface area contributed by atoms with Crippen LogP contribution in [-0.4, -0.2) is 19.6 Å². The van der Waals surface area contributed by atoms with E-state index in [0.29, 0.717) is 61.6 Å². The average molecular weight is 910 g/mol. The van der Waals surface area contributed by atoms with Gasteiger partial charge < -0.3 is 5.11 Å². The van der Waals surface area contributed by atoms with Gasteiger partial charge in [-0.15, -0.1) is 0 Å². The lowest BCUT2D eigenvalue weighted by molar-refractivity contribution is 0.472. The SMILES string of the molecule is [2H]C([2H])([2H])c1cc(-c2c(-c3ccccc3)cccc2C(C)(C)C)ccc1-n1c(-c2cc(C)cc(C)c2O)nc2c(-c3cc(-c4ccccc4)cc(-c4cc(-c5ccc(C(C([2H])([2H])[2H])(C([2H])([2H])[2H])C([2H])([2H])[2H])cc5)ccn4)c3)cccc21. The zero-order chi connectivity index (χ0) is 58.2. The predicted octanol–water partition coefficient (Wildman–Crippen LogP) is 17.3. The highest BCUT2D eigenvalue weighted by Crippen LogP contribution is 2.44. The standard InChI is InChI=1S/C65H59N3O/c1-41-34-43(3)62(69)55(35-41)63-67-61-54(50-37-49(44-18-12-10-13-19-44)38-51(39-50)57-40-47(32-33-66-57)45-26-29-52(30-27-45)64(4,5)6)23-17-25-59(61)68(63)58-31-28-48(36-42(58)2)60-53(46-20-14-11-15-21-46)22-16-24-56(60)65(7,8)9/h10-40,69H,1-9H3/i2D3,4D3,5D3,6D3. The molecule has 0 amide bonds. The molecule has 0 fully saturated rings. The summed E-state index contributed by atoms with van der Waals surface area (Å²) in [5, 5.41) is 12.0. The number of para-hydroxylation sites is 1. The van der Waals surface area contributed by atoms with Gasteiger partial charge in [0.15, 0.2) is 0 Å². The van der Waals surface area contributed by atoms with Gasteiger partial charge in [0.1, 0.15) is 11.6 Å². The molecule has 2 aromatic heterocycles. The van der Waals surface area contributed by atoms with Gasteiger partial charge in [0.2, 0.25) is 0 Å². The molecule has 69 heavy (non-hydrogen) atoms. The Kier molecular flexibility index (Phi) is 8.41. The number of hydrogen-bond acceptors (Lipinski definition) is 3. The minimum absolute atomic E-state index is 0.0116. The Morgan fingerprint density at radius 3 is 1.90 bits per heavy atom. The number of imidazole rings is 1. The Bertz CT molecular complexity index is 3970. The van der Waals surface area contributed by atoms with E-state index in [1.165, 1.54) is 24.3 Å². The number of fused-ring (bicyclic) bond motifs is 1. The number of phenolic OH excluding ortho intramolecular Hbond substituents is 1. The van der Waals surface area contributed by atoms with Crippen molar-refractivity contribution in [3.63, 3.8) is 0 Å². The van der Waals surface area contributed by atoms with Gasteiger partial charge in [-0.3, -0.25) is 9.55 Å². The third-order valence-electron chi connectivity index (χ3n) is 12.9.